The molecule has 0 unspecified atom stereocenters. The molecular formula is C17H14ClN2S+. The molecule has 2 heterocycles. The van der Waals surface area contributed by atoms with E-state index in [9.17, 15) is 0 Å². The van der Waals surface area contributed by atoms with Crippen molar-refractivity contribution in [3.8, 4) is 0 Å². The van der Waals surface area contributed by atoms with Crippen LogP contribution in [0, 0.1) is 0 Å². The molecule has 4 rings (SSSR count). The van der Waals surface area contributed by atoms with Crippen LogP contribution in [0.3, 0.4) is 0 Å². The SMILES string of the molecule is CC[n+]1cc2c(c3ccccc31)Nc1cccc(Cl)c1S2. The summed E-state index contributed by atoms with van der Waals surface area (Å²) in [5.74, 6) is 0. The lowest BCUT2D eigenvalue weighted by molar-refractivity contribution is -0.669. The van der Waals surface area contributed by atoms with Crippen LogP contribution in [-0.4, -0.2) is 0 Å². The lowest BCUT2D eigenvalue weighted by Crippen LogP contribution is -2.33. The van der Waals surface area contributed by atoms with E-state index < -0.39 is 0 Å². The summed E-state index contributed by atoms with van der Waals surface area (Å²) in [5.41, 5.74) is 3.51. The molecule has 2 aromatic carbocycles. The van der Waals surface area contributed by atoms with Crippen LogP contribution in [0.4, 0.5) is 11.4 Å². The van der Waals surface area contributed by atoms with Crippen LogP contribution in [0.5, 0.6) is 0 Å². The fourth-order valence-electron chi connectivity index (χ4n) is 2.77. The zero-order chi connectivity index (χ0) is 14.4. The van der Waals surface area contributed by atoms with Gasteiger partial charge in [0, 0.05) is 6.07 Å². The highest BCUT2D eigenvalue weighted by Gasteiger charge is 2.24. The van der Waals surface area contributed by atoms with Gasteiger partial charge in [-0.25, -0.2) is 0 Å². The second-order valence-electron chi connectivity index (χ2n) is 5.02. The van der Waals surface area contributed by atoms with Crippen LogP contribution >= 0.6 is 23.4 Å². The number of halogens is 1. The van der Waals surface area contributed by atoms with E-state index in [0.717, 1.165) is 22.2 Å². The van der Waals surface area contributed by atoms with Gasteiger partial charge in [-0.15, -0.1) is 0 Å². The Morgan fingerprint density at radius 2 is 2.00 bits per heavy atom. The molecule has 0 amide bonds. The van der Waals surface area contributed by atoms with Crippen molar-refractivity contribution in [3.63, 3.8) is 0 Å². The molecule has 0 radical (unpaired) electrons. The Kier molecular flexibility index (Phi) is 3.05. The van der Waals surface area contributed by atoms with Gasteiger partial charge in [-0.05, 0) is 25.1 Å². The van der Waals surface area contributed by atoms with E-state index in [1.165, 1.54) is 21.5 Å². The number of rotatable bonds is 1. The first-order valence-corrected chi connectivity index (χ1v) is 8.16. The first-order chi connectivity index (χ1) is 10.3. The number of aromatic nitrogens is 1. The average Bonchev–Trinajstić information content (AvgIpc) is 2.53. The molecule has 0 saturated heterocycles. The number of nitrogens with zero attached hydrogens (tertiary/aromatic N) is 1. The van der Waals surface area contributed by atoms with E-state index in [2.05, 4.69) is 53.3 Å². The fraction of sp³-hybridized carbons (Fsp3) is 0.118. The number of fused-ring (bicyclic) bond motifs is 4. The Balaban J connectivity index is 1.99. The topological polar surface area (TPSA) is 15.9 Å². The molecule has 4 heteroatoms. The van der Waals surface area contributed by atoms with Gasteiger partial charge in [0.05, 0.1) is 26.7 Å². The van der Waals surface area contributed by atoms with Crippen molar-refractivity contribution in [2.24, 2.45) is 0 Å². The third-order valence-electron chi connectivity index (χ3n) is 3.78. The lowest BCUT2D eigenvalue weighted by Gasteiger charge is -2.22. The van der Waals surface area contributed by atoms with Gasteiger partial charge >= 0.3 is 0 Å². The van der Waals surface area contributed by atoms with E-state index >= 15 is 0 Å². The highest BCUT2D eigenvalue weighted by Crippen LogP contribution is 2.48. The van der Waals surface area contributed by atoms with Crippen molar-refractivity contribution >= 4 is 45.6 Å². The maximum absolute atomic E-state index is 6.33. The van der Waals surface area contributed by atoms with Crippen molar-refractivity contribution in [1.82, 2.24) is 0 Å². The summed E-state index contributed by atoms with van der Waals surface area (Å²) in [7, 11) is 0. The molecule has 0 bridgehead atoms. The van der Waals surface area contributed by atoms with E-state index in [4.69, 9.17) is 11.6 Å². The highest BCUT2D eigenvalue weighted by atomic mass is 35.5. The third-order valence-corrected chi connectivity index (χ3v) is 5.38. The zero-order valence-electron chi connectivity index (χ0n) is 11.6. The molecule has 1 aromatic heterocycles. The molecule has 0 spiro atoms. The third kappa shape index (κ3) is 2.00. The van der Waals surface area contributed by atoms with Crippen LogP contribution in [0.15, 0.2) is 58.5 Å². The van der Waals surface area contributed by atoms with E-state index in [0.29, 0.717) is 0 Å². The quantitative estimate of drug-likeness (QED) is 0.497. The minimum Gasteiger partial charge on any atom is -0.353 e. The minimum absolute atomic E-state index is 0.798. The Bertz CT molecular complexity index is 861. The van der Waals surface area contributed by atoms with Gasteiger partial charge in [0.1, 0.15) is 11.4 Å². The standard InChI is InChI=1S/C17H13ClN2S/c1-2-20-10-15-16(11-6-3-4-9-14(11)20)19-13-8-5-7-12(18)17(13)21-15/h3-10H,2H2,1H3/p+1. The van der Waals surface area contributed by atoms with E-state index in [1.54, 1.807) is 11.8 Å². The van der Waals surface area contributed by atoms with Crippen molar-refractivity contribution < 1.29 is 4.57 Å². The Morgan fingerprint density at radius 1 is 1.14 bits per heavy atom. The number of anilines is 2. The smallest absolute Gasteiger partial charge is 0.214 e. The first kappa shape index (κ1) is 13.0. The predicted molar refractivity (Wildman–Crippen MR) is 88.7 cm³/mol. The van der Waals surface area contributed by atoms with Gasteiger partial charge in [-0.1, -0.05) is 41.6 Å². The van der Waals surface area contributed by atoms with Crippen LogP contribution in [0.2, 0.25) is 5.02 Å². The Labute approximate surface area is 132 Å². The molecule has 0 atom stereocenters. The fourth-order valence-corrected chi connectivity index (χ4v) is 4.12. The summed E-state index contributed by atoms with van der Waals surface area (Å²) in [6, 6.07) is 14.5. The zero-order valence-corrected chi connectivity index (χ0v) is 13.1. The number of pyridine rings is 1. The second-order valence-corrected chi connectivity index (χ2v) is 6.47. The molecule has 0 aliphatic carbocycles. The number of benzene rings is 2. The van der Waals surface area contributed by atoms with Crippen LogP contribution in [0.25, 0.3) is 10.9 Å². The van der Waals surface area contributed by atoms with Gasteiger partial charge in [0.2, 0.25) is 5.52 Å². The van der Waals surface area contributed by atoms with Gasteiger partial charge in [-0.3, -0.25) is 0 Å². The van der Waals surface area contributed by atoms with Crippen LogP contribution < -0.4 is 9.88 Å². The van der Waals surface area contributed by atoms with Crippen molar-refractivity contribution in [2.75, 3.05) is 5.32 Å². The van der Waals surface area contributed by atoms with Crippen molar-refractivity contribution in [2.45, 2.75) is 23.3 Å². The second kappa shape index (κ2) is 4.93. The Hall–Kier alpha value is -1.71. The number of nitrogens with one attached hydrogen (secondary N) is 1. The molecule has 0 saturated carbocycles. The predicted octanol–water partition coefficient (Wildman–Crippen LogP) is 5.01. The summed E-state index contributed by atoms with van der Waals surface area (Å²) < 4.78 is 2.28. The normalized spacial score (nSPS) is 12.7. The maximum Gasteiger partial charge on any atom is 0.214 e. The highest BCUT2D eigenvalue weighted by molar-refractivity contribution is 7.99. The summed E-state index contributed by atoms with van der Waals surface area (Å²) in [4.78, 5) is 2.32. The van der Waals surface area contributed by atoms with Gasteiger partial charge in [0.15, 0.2) is 6.20 Å². The maximum atomic E-state index is 6.33. The summed E-state index contributed by atoms with van der Waals surface area (Å²) in [6.45, 7) is 3.12. The molecule has 0 fully saturated rings. The van der Waals surface area contributed by atoms with E-state index in [1.807, 2.05) is 12.1 Å². The monoisotopic (exact) mass is 313 g/mol. The number of hydrogen-bond acceptors (Lipinski definition) is 2. The molecule has 1 aliphatic heterocycles. The minimum atomic E-state index is 0.798. The van der Waals surface area contributed by atoms with Crippen LogP contribution in [0.1, 0.15) is 6.92 Å². The first-order valence-electron chi connectivity index (χ1n) is 6.96. The summed E-state index contributed by atoms with van der Waals surface area (Å²) in [5, 5.41) is 5.60. The van der Waals surface area contributed by atoms with E-state index in [-0.39, 0.29) is 0 Å². The lowest BCUT2D eigenvalue weighted by atomic mass is 10.1. The molecular weight excluding hydrogens is 300 g/mol. The largest absolute Gasteiger partial charge is 0.353 e. The number of para-hydroxylation sites is 1. The molecule has 1 N–H and O–H groups in total. The number of hydrogen-bond donors (Lipinski definition) is 1. The van der Waals surface area contributed by atoms with Gasteiger partial charge in [-0.2, -0.15) is 4.57 Å². The molecule has 21 heavy (non-hydrogen) atoms. The summed E-state index contributed by atoms with van der Waals surface area (Å²) in [6.07, 6.45) is 2.21. The molecule has 1 aliphatic rings. The number of aryl methyl sites for hydroxylation is 1. The summed E-state index contributed by atoms with van der Waals surface area (Å²) >= 11 is 8.07. The van der Waals surface area contributed by atoms with Gasteiger partial charge < -0.3 is 5.32 Å². The molecule has 104 valence electrons. The van der Waals surface area contributed by atoms with Crippen molar-refractivity contribution in [1.29, 1.82) is 0 Å². The molecule has 2 nitrogen and oxygen atoms in total. The molecule has 3 aromatic rings. The Morgan fingerprint density at radius 3 is 2.86 bits per heavy atom. The van der Waals surface area contributed by atoms with Crippen LogP contribution in [-0.2, 0) is 6.54 Å². The average molecular weight is 314 g/mol. The van der Waals surface area contributed by atoms with Gasteiger partial charge in [0.25, 0.3) is 0 Å². The van der Waals surface area contributed by atoms with Crippen molar-refractivity contribution in [3.05, 3.63) is 53.7 Å².